The number of carbonyl (C=O) groups is 2. The van der Waals surface area contributed by atoms with Gasteiger partial charge in [0.1, 0.15) is 0 Å². The Balaban J connectivity index is 1.78. The first-order valence-corrected chi connectivity index (χ1v) is 9.08. The molecular formula is C19H27N3O2. The highest BCUT2D eigenvalue weighted by molar-refractivity contribution is 6.04. The topological polar surface area (TPSA) is 52.7 Å². The lowest BCUT2D eigenvalue weighted by molar-refractivity contribution is -0.120. The van der Waals surface area contributed by atoms with Crippen LogP contribution < -0.4 is 10.2 Å². The molecule has 1 aromatic rings. The number of benzene rings is 1. The largest absolute Gasteiger partial charge is 0.324 e. The second-order valence-electron chi connectivity index (χ2n) is 6.93. The Morgan fingerprint density at radius 3 is 2.54 bits per heavy atom. The zero-order valence-corrected chi connectivity index (χ0v) is 14.5. The van der Waals surface area contributed by atoms with Crippen LogP contribution in [-0.2, 0) is 9.59 Å². The van der Waals surface area contributed by atoms with Crippen molar-refractivity contribution < 1.29 is 9.59 Å². The molecule has 2 heterocycles. The van der Waals surface area contributed by atoms with E-state index in [1.807, 2.05) is 36.1 Å². The molecule has 0 unspecified atom stereocenters. The van der Waals surface area contributed by atoms with Crippen LogP contribution in [0.15, 0.2) is 24.3 Å². The molecular weight excluding hydrogens is 302 g/mol. The Morgan fingerprint density at radius 2 is 1.79 bits per heavy atom. The number of rotatable bonds is 2. The third kappa shape index (κ3) is 3.96. The van der Waals surface area contributed by atoms with E-state index in [4.69, 9.17) is 0 Å². The summed E-state index contributed by atoms with van der Waals surface area (Å²) in [5.41, 5.74) is 1.54. The third-order valence-electron chi connectivity index (χ3n) is 4.94. The smallest absolute Gasteiger partial charge is 0.241 e. The van der Waals surface area contributed by atoms with Crippen molar-refractivity contribution in [2.45, 2.75) is 51.5 Å². The van der Waals surface area contributed by atoms with E-state index in [0.29, 0.717) is 13.0 Å². The Labute approximate surface area is 144 Å². The highest BCUT2D eigenvalue weighted by Gasteiger charge is 2.30. The Kier molecular flexibility index (Phi) is 5.51. The predicted molar refractivity (Wildman–Crippen MR) is 96.2 cm³/mol. The maximum Gasteiger partial charge on any atom is 0.241 e. The molecule has 1 fully saturated rings. The van der Waals surface area contributed by atoms with Crippen LogP contribution in [0.1, 0.15) is 45.4 Å². The second-order valence-corrected chi connectivity index (χ2v) is 6.93. The summed E-state index contributed by atoms with van der Waals surface area (Å²) in [5, 5.41) is 2.91. The van der Waals surface area contributed by atoms with Crippen molar-refractivity contribution in [1.29, 1.82) is 0 Å². The summed E-state index contributed by atoms with van der Waals surface area (Å²) in [5.74, 6) is 0.0588. The molecule has 2 aliphatic rings. The lowest BCUT2D eigenvalue weighted by Gasteiger charge is -2.31. The average molecular weight is 329 g/mol. The molecule has 24 heavy (non-hydrogen) atoms. The molecule has 1 saturated heterocycles. The van der Waals surface area contributed by atoms with Crippen molar-refractivity contribution in [3.8, 4) is 0 Å². The minimum Gasteiger partial charge on any atom is -0.324 e. The maximum absolute atomic E-state index is 13.0. The normalized spacial score (nSPS) is 22.8. The molecule has 5 nitrogen and oxygen atoms in total. The molecule has 0 bridgehead atoms. The first-order chi connectivity index (χ1) is 11.6. The minimum atomic E-state index is -0.129. The number of para-hydroxylation sites is 2. The number of hydrogen-bond donors (Lipinski definition) is 1. The Morgan fingerprint density at radius 1 is 1.12 bits per heavy atom. The highest BCUT2D eigenvalue weighted by Crippen LogP contribution is 2.31. The fourth-order valence-electron chi connectivity index (χ4n) is 3.71. The van der Waals surface area contributed by atoms with Gasteiger partial charge in [-0.3, -0.25) is 14.5 Å². The molecule has 0 aromatic heterocycles. The summed E-state index contributed by atoms with van der Waals surface area (Å²) in [7, 11) is 0. The molecule has 1 atom stereocenters. The molecule has 0 saturated carbocycles. The van der Waals surface area contributed by atoms with Crippen LogP contribution >= 0.6 is 0 Å². The van der Waals surface area contributed by atoms with Crippen molar-refractivity contribution in [3.05, 3.63) is 24.3 Å². The van der Waals surface area contributed by atoms with E-state index in [9.17, 15) is 9.59 Å². The van der Waals surface area contributed by atoms with Gasteiger partial charge in [0.05, 0.1) is 17.9 Å². The van der Waals surface area contributed by atoms with E-state index in [0.717, 1.165) is 24.5 Å². The van der Waals surface area contributed by atoms with Gasteiger partial charge in [0.25, 0.3) is 0 Å². The number of fused-ring (bicyclic) bond motifs is 1. The van der Waals surface area contributed by atoms with Crippen molar-refractivity contribution in [2.24, 2.45) is 0 Å². The lowest BCUT2D eigenvalue weighted by atomic mass is 10.1. The highest BCUT2D eigenvalue weighted by atomic mass is 16.2. The quantitative estimate of drug-likeness (QED) is 0.907. The summed E-state index contributed by atoms with van der Waals surface area (Å²) in [6.45, 7) is 4.37. The first-order valence-electron chi connectivity index (χ1n) is 9.08. The number of nitrogens with one attached hydrogen (secondary N) is 1. The lowest BCUT2D eigenvalue weighted by Crippen LogP contribution is -2.45. The van der Waals surface area contributed by atoms with Crippen LogP contribution in [0, 0.1) is 0 Å². The number of likely N-dealkylation sites (tertiary alicyclic amines) is 1. The van der Waals surface area contributed by atoms with Gasteiger partial charge in [-0.05, 0) is 45.0 Å². The summed E-state index contributed by atoms with van der Waals surface area (Å²) in [6, 6.07) is 7.45. The second kappa shape index (κ2) is 7.79. The number of hydrogen-bond acceptors (Lipinski definition) is 3. The first kappa shape index (κ1) is 17.0. The van der Waals surface area contributed by atoms with Gasteiger partial charge in [-0.25, -0.2) is 0 Å². The fourth-order valence-corrected chi connectivity index (χ4v) is 3.71. The SMILES string of the molecule is C[C@H]1CC(=O)Nc2ccccc2N1C(=O)CN1CCCCCCC1. The molecule has 5 heteroatoms. The van der Waals surface area contributed by atoms with Gasteiger partial charge in [-0.15, -0.1) is 0 Å². The number of amides is 2. The summed E-state index contributed by atoms with van der Waals surface area (Å²) >= 11 is 0. The molecule has 130 valence electrons. The Hall–Kier alpha value is -1.88. The van der Waals surface area contributed by atoms with Crippen molar-refractivity contribution in [1.82, 2.24) is 4.90 Å². The van der Waals surface area contributed by atoms with Gasteiger partial charge in [0.15, 0.2) is 0 Å². The van der Waals surface area contributed by atoms with E-state index in [-0.39, 0.29) is 17.9 Å². The molecule has 0 radical (unpaired) electrons. The number of nitrogens with zero attached hydrogens (tertiary/aromatic N) is 2. The van der Waals surface area contributed by atoms with Crippen LogP contribution in [-0.4, -0.2) is 42.4 Å². The van der Waals surface area contributed by atoms with Gasteiger partial charge in [-0.1, -0.05) is 31.4 Å². The molecule has 2 aliphatic heterocycles. The summed E-state index contributed by atoms with van der Waals surface area (Å²) in [6.07, 6.45) is 6.49. The van der Waals surface area contributed by atoms with E-state index < -0.39 is 0 Å². The average Bonchev–Trinajstić information content (AvgIpc) is 2.64. The Bertz CT molecular complexity index is 594. The predicted octanol–water partition coefficient (Wildman–Crippen LogP) is 3.02. The fraction of sp³-hybridized carbons (Fsp3) is 0.579. The molecule has 1 N–H and O–H groups in total. The van der Waals surface area contributed by atoms with Crippen LogP contribution in [0.25, 0.3) is 0 Å². The standard InChI is InChI=1S/C19H27N3O2/c1-15-13-18(23)20-16-9-5-6-10-17(16)22(15)19(24)14-21-11-7-3-2-4-8-12-21/h5-6,9-10,15H,2-4,7-8,11-14H2,1H3,(H,20,23)/t15-/m0/s1. The molecule has 0 aliphatic carbocycles. The van der Waals surface area contributed by atoms with Crippen LogP contribution in [0.2, 0.25) is 0 Å². The molecule has 3 rings (SSSR count). The third-order valence-corrected chi connectivity index (χ3v) is 4.94. The van der Waals surface area contributed by atoms with E-state index in [2.05, 4.69) is 10.2 Å². The molecule has 1 aromatic carbocycles. The van der Waals surface area contributed by atoms with Gasteiger partial charge in [0.2, 0.25) is 11.8 Å². The van der Waals surface area contributed by atoms with Gasteiger partial charge < -0.3 is 10.2 Å². The van der Waals surface area contributed by atoms with Crippen molar-refractivity contribution in [2.75, 3.05) is 29.9 Å². The van der Waals surface area contributed by atoms with E-state index >= 15 is 0 Å². The van der Waals surface area contributed by atoms with Crippen molar-refractivity contribution >= 4 is 23.2 Å². The van der Waals surface area contributed by atoms with Crippen molar-refractivity contribution in [3.63, 3.8) is 0 Å². The van der Waals surface area contributed by atoms with Gasteiger partial charge in [-0.2, -0.15) is 0 Å². The number of anilines is 2. The van der Waals surface area contributed by atoms with E-state index in [1.54, 1.807) is 0 Å². The maximum atomic E-state index is 13.0. The van der Waals surface area contributed by atoms with Gasteiger partial charge in [0, 0.05) is 12.5 Å². The van der Waals surface area contributed by atoms with Gasteiger partial charge >= 0.3 is 0 Å². The zero-order valence-electron chi connectivity index (χ0n) is 14.5. The minimum absolute atomic E-state index is 0.0310. The van der Waals surface area contributed by atoms with Crippen LogP contribution in [0.5, 0.6) is 0 Å². The monoisotopic (exact) mass is 329 g/mol. The number of carbonyl (C=O) groups excluding carboxylic acids is 2. The van der Waals surface area contributed by atoms with Crippen LogP contribution in [0.3, 0.4) is 0 Å². The van der Waals surface area contributed by atoms with E-state index in [1.165, 1.54) is 32.1 Å². The summed E-state index contributed by atoms with van der Waals surface area (Å²) in [4.78, 5) is 29.2. The zero-order chi connectivity index (χ0) is 16.9. The van der Waals surface area contributed by atoms with Crippen LogP contribution in [0.4, 0.5) is 11.4 Å². The molecule has 2 amide bonds. The summed E-state index contributed by atoms with van der Waals surface area (Å²) < 4.78 is 0. The molecule has 0 spiro atoms.